The minimum atomic E-state index is -0.262. The SMILES string of the molecule is CCCCC(CC)CN1C(=O)CNC(=O)C1CC. The minimum Gasteiger partial charge on any atom is -0.345 e. The second-order valence-electron chi connectivity index (χ2n) is 5.10. The number of rotatable bonds is 7. The first kappa shape index (κ1) is 15.0. The van der Waals surface area contributed by atoms with Crippen molar-refractivity contribution in [2.75, 3.05) is 13.1 Å². The number of piperazine rings is 1. The molecule has 1 saturated heterocycles. The fraction of sp³-hybridized carbons (Fsp3) is 0.857. The van der Waals surface area contributed by atoms with Crippen molar-refractivity contribution < 1.29 is 9.59 Å². The predicted molar refractivity (Wildman–Crippen MR) is 72.1 cm³/mol. The van der Waals surface area contributed by atoms with Gasteiger partial charge in [0.2, 0.25) is 11.8 Å². The van der Waals surface area contributed by atoms with E-state index in [-0.39, 0.29) is 24.4 Å². The zero-order chi connectivity index (χ0) is 13.5. The second-order valence-corrected chi connectivity index (χ2v) is 5.10. The third-order valence-electron chi connectivity index (χ3n) is 3.80. The number of nitrogens with one attached hydrogen (secondary N) is 1. The molecule has 0 saturated carbocycles. The van der Waals surface area contributed by atoms with Gasteiger partial charge in [0, 0.05) is 6.54 Å². The Hall–Kier alpha value is -1.06. The van der Waals surface area contributed by atoms with Gasteiger partial charge in [0.05, 0.1) is 6.54 Å². The van der Waals surface area contributed by atoms with Crippen molar-refractivity contribution in [2.45, 2.75) is 58.9 Å². The van der Waals surface area contributed by atoms with E-state index in [9.17, 15) is 9.59 Å². The summed E-state index contributed by atoms with van der Waals surface area (Å²) >= 11 is 0. The summed E-state index contributed by atoms with van der Waals surface area (Å²) in [5.41, 5.74) is 0. The molecular weight excluding hydrogens is 228 g/mol. The molecule has 1 aliphatic rings. The Bertz CT molecular complexity index is 292. The number of hydrogen-bond donors (Lipinski definition) is 1. The Kier molecular flexibility index (Phi) is 6.16. The number of carbonyl (C=O) groups is 2. The van der Waals surface area contributed by atoms with Crippen molar-refractivity contribution in [3.05, 3.63) is 0 Å². The topological polar surface area (TPSA) is 49.4 Å². The lowest BCUT2D eigenvalue weighted by atomic mass is 9.97. The molecule has 0 radical (unpaired) electrons. The van der Waals surface area contributed by atoms with Crippen molar-refractivity contribution in [3.63, 3.8) is 0 Å². The standard InChI is InChI=1S/C14H26N2O2/c1-4-7-8-11(5-2)10-16-12(6-3)14(18)15-9-13(16)17/h11-12H,4-10H2,1-3H3,(H,15,18). The minimum absolute atomic E-state index is 0.00226. The fourth-order valence-electron chi connectivity index (χ4n) is 2.53. The van der Waals surface area contributed by atoms with E-state index in [2.05, 4.69) is 19.2 Å². The normalized spacial score (nSPS) is 21.9. The highest BCUT2D eigenvalue weighted by atomic mass is 16.2. The van der Waals surface area contributed by atoms with Gasteiger partial charge in [-0.15, -0.1) is 0 Å². The summed E-state index contributed by atoms with van der Waals surface area (Å²) in [6.45, 7) is 7.21. The predicted octanol–water partition coefficient (Wildman–Crippen LogP) is 1.94. The fourth-order valence-corrected chi connectivity index (χ4v) is 2.53. The van der Waals surface area contributed by atoms with Crippen LogP contribution in [0.25, 0.3) is 0 Å². The average Bonchev–Trinajstić information content (AvgIpc) is 2.38. The first-order valence-electron chi connectivity index (χ1n) is 7.21. The van der Waals surface area contributed by atoms with E-state index in [0.717, 1.165) is 19.4 Å². The molecule has 4 nitrogen and oxygen atoms in total. The first-order chi connectivity index (χ1) is 8.63. The molecule has 0 aromatic rings. The maximum absolute atomic E-state index is 11.9. The highest BCUT2D eigenvalue weighted by Gasteiger charge is 2.33. The molecule has 1 N–H and O–H groups in total. The average molecular weight is 254 g/mol. The van der Waals surface area contributed by atoms with Crippen molar-refractivity contribution in [1.29, 1.82) is 0 Å². The smallest absolute Gasteiger partial charge is 0.243 e. The van der Waals surface area contributed by atoms with E-state index in [4.69, 9.17) is 0 Å². The van der Waals surface area contributed by atoms with Crippen LogP contribution in [0.15, 0.2) is 0 Å². The van der Waals surface area contributed by atoms with Crippen LogP contribution in [0.2, 0.25) is 0 Å². The molecule has 104 valence electrons. The summed E-state index contributed by atoms with van der Waals surface area (Å²) in [7, 11) is 0. The summed E-state index contributed by atoms with van der Waals surface area (Å²) in [5.74, 6) is 0.590. The second kappa shape index (κ2) is 7.39. The Balaban J connectivity index is 2.64. The molecule has 2 amide bonds. The first-order valence-corrected chi connectivity index (χ1v) is 7.21. The van der Waals surface area contributed by atoms with Crippen LogP contribution < -0.4 is 5.32 Å². The number of amides is 2. The van der Waals surface area contributed by atoms with Crippen LogP contribution in [0.5, 0.6) is 0 Å². The Morgan fingerprint density at radius 2 is 2.06 bits per heavy atom. The van der Waals surface area contributed by atoms with Crippen LogP contribution >= 0.6 is 0 Å². The lowest BCUT2D eigenvalue weighted by Gasteiger charge is -2.36. The van der Waals surface area contributed by atoms with E-state index in [1.807, 2.05) is 6.92 Å². The molecule has 18 heavy (non-hydrogen) atoms. The van der Waals surface area contributed by atoms with Gasteiger partial charge >= 0.3 is 0 Å². The molecule has 0 aromatic carbocycles. The highest BCUT2D eigenvalue weighted by molar-refractivity contribution is 5.94. The molecule has 1 heterocycles. The van der Waals surface area contributed by atoms with Gasteiger partial charge in [-0.05, 0) is 18.8 Å². The number of hydrogen-bond acceptors (Lipinski definition) is 2. The summed E-state index contributed by atoms with van der Waals surface area (Å²) < 4.78 is 0. The molecule has 0 spiro atoms. The number of nitrogens with zero attached hydrogens (tertiary/aromatic N) is 1. The monoisotopic (exact) mass is 254 g/mol. The summed E-state index contributed by atoms with van der Waals surface area (Å²) in [6.07, 6.45) is 5.30. The van der Waals surface area contributed by atoms with E-state index in [0.29, 0.717) is 12.3 Å². The van der Waals surface area contributed by atoms with Crippen LogP contribution in [-0.2, 0) is 9.59 Å². The van der Waals surface area contributed by atoms with Gasteiger partial charge in [-0.2, -0.15) is 0 Å². The Morgan fingerprint density at radius 3 is 2.61 bits per heavy atom. The maximum atomic E-state index is 11.9. The molecule has 2 unspecified atom stereocenters. The molecule has 1 fully saturated rings. The van der Waals surface area contributed by atoms with Crippen molar-refractivity contribution in [2.24, 2.45) is 5.92 Å². The van der Waals surface area contributed by atoms with Crippen LogP contribution in [-0.4, -0.2) is 35.8 Å². The molecular formula is C14H26N2O2. The van der Waals surface area contributed by atoms with Crippen molar-refractivity contribution >= 4 is 11.8 Å². The third-order valence-corrected chi connectivity index (χ3v) is 3.80. The van der Waals surface area contributed by atoms with Gasteiger partial charge in [0.1, 0.15) is 6.04 Å². The van der Waals surface area contributed by atoms with Gasteiger partial charge in [0.15, 0.2) is 0 Å². The molecule has 1 aliphatic heterocycles. The van der Waals surface area contributed by atoms with Gasteiger partial charge in [-0.3, -0.25) is 9.59 Å². The van der Waals surface area contributed by atoms with Crippen LogP contribution in [0, 0.1) is 5.92 Å². The summed E-state index contributed by atoms with van der Waals surface area (Å²) in [4.78, 5) is 25.5. The Morgan fingerprint density at radius 1 is 1.33 bits per heavy atom. The van der Waals surface area contributed by atoms with Crippen molar-refractivity contribution in [3.8, 4) is 0 Å². The maximum Gasteiger partial charge on any atom is 0.243 e. The van der Waals surface area contributed by atoms with Crippen molar-refractivity contribution in [1.82, 2.24) is 10.2 Å². The van der Waals surface area contributed by atoms with E-state index >= 15 is 0 Å². The summed E-state index contributed by atoms with van der Waals surface area (Å²) in [6, 6.07) is -0.262. The quantitative estimate of drug-likeness (QED) is 0.755. The highest BCUT2D eigenvalue weighted by Crippen LogP contribution is 2.18. The molecule has 2 atom stereocenters. The van der Waals surface area contributed by atoms with Gasteiger partial charge in [-0.1, -0.05) is 40.0 Å². The third kappa shape index (κ3) is 3.72. The molecule has 0 aromatic heterocycles. The molecule has 0 bridgehead atoms. The molecule has 4 heteroatoms. The van der Waals surface area contributed by atoms with Crippen LogP contribution in [0.1, 0.15) is 52.9 Å². The summed E-state index contributed by atoms with van der Waals surface area (Å²) in [5, 5.41) is 2.67. The molecule has 1 rings (SSSR count). The lowest BCUT2D eigenvalue weighted by Crippen LogP contribution is -2.59. The zero-order valence-corrected chi connectivity index (χ0v) is 11.9. The van der Waals surface area contributed by atoms with Crippen LogP contribution in [0.3, 0.4) is 0 Å². The van der Waals surface area contributed by atoms with E-state index in [1.54, 1.807) is 4.90 Å². The van der Waals surface area contributed by atoms with Gasteiger partial charge in [-0.25, -0.2) is 0 Å². The lowest BCUT2D eigenvalue weighted by molar-refractivity contribution is -0.146. The number of unbranched alkanes of at least 4 members (excludes halogenated alkanes) is 1. The van der Waals surface area contributed by atoms with E-state index in [1.165, 1.54) is 12.8 Å². The Labute approximate surface area is 110 Å². The zero-order valence-electron chi connectivity index (χ0n) is 11.9. The van der Waals surface area contributed by atoms with Gasteiger partial charge < -0.3 is 10.2 Å². The van der Waals surface area contributed by atoms with Crippen LogP contribution in [0.4, 0.5) is 0 Å². The van der Waals surface area contributed by atoms with E-state index < -0.39 is 0 Å². The molecule has 0 aliphatic carbocycles. The largest absolute Gasteiger partial charge is 0.345 e. The number of carbonyl (C=O) groups excluding carboxylic acids is 2. The van der Waals surface area contributed by atoms with Gasteiger partial charge in [0.25, 0.3) is 0 Å².